The molecule has 3 aromatic rings. The summed E-state index contributed by atoms with van der Waals surface area (Å²) >= 11 is 0. The summed E-state index contributed by atoms with van der Waals surface area (Å²) in [5, 5.41) is 4.16. The molecule has 1 aliphatic rings. The quantitative estimate of drug-likeness (QED) is 0.617. The molecule has 3 heterocycles. The van der Waals surface area contributed by atoms with Crippen LogP contribution in [0.2, 0.25) is 0 Å². The second-order valence-corrected chi connectivity index (χ2v) is 8.86. The summed E-state index contributed by atoms with van der Waals surface area (Å²) < 4.78 is 35.2. The molecule has 8 nitrogen and oxygen atoms in total. The Balaban J connectivity index is 1.46. The van der Waals surface area contributed by atoms with E-state index in [1.165, 1.54) is 4.31 Å². The van der Waals surface area contributed by atoms with Crippen molar-refractivity contribution in [3.05, 3.63) is 60.7 Å². The molecule has 0 bridgehead atoms. The molecule has 1 saturated heterocycles. The third-order valence-corrected chi connectivity index (χ3v) is 6.83. The predicted octanol–water partition coefficient (Wildman–Crippen LogP) is 2.46. The molecular weight excluding hydrogens is 390 g/mol. The zero-order chi connectivity index (χ0) is 20.3. The maximum absolute atomic E-state index is 13.1. The van der Waals surface area contributed by atoms with E-state index < -0.39 is 10.0 Å². The zero-order valence-corrected chi connectivity index (χ0v) is 17.0. The summed E-state index contributed by atoms with van der Waals surface area (Å²) in [6, 6.07) is 8.84. The first-order valence-electron chi connectivity index (χ1n) is 9.64. The monoisotopic (exact) mass is 413 g/mol. The van der Waals surface area contributed by atoms with Crippen LogP contribution >= 0.6 is 0 Å². The van der Waals surface area contributed by atoms with Crippen LogP contribution in [0.5, 0.6) is 6.01 Å². The minimum absolute atomic E-state index is 0.262. The van der Waals surface area contributed by atoms with E-state index in [2.05, 4.69) is 15.1 Å². The second-order valence-electron chi connectivity index (χ2n) is 6.92. The summed E-state index contributed by atoms with van der Waals surface area (Å²) in [7, 11) is -3.60. The number of aromatic nitrogens is 4. The minimum atomic E-state index is -3.60. The van der Waals surface area contributed by atoms with E-state index in [-0.39, 0.29) is 23.6 Å². The smallest absolute Gasteiger partial charge is 0.316 e. The fourth-order valence-electron chi connectivity index (χ4n) is 3.30. The van der Waals surface area contributed by atoms with Gasteiger partial charge in [-0.15, -0.1) is 0 Å². The van der Waals surface area contributed by atoms with E-state index in [1.807, 2.05) is 19.2 Å². The molecule has 1 aromatic carbocycles. The molecule has 0 saturated carbocycles. The van der Waals surface area contributed by atoms with Crippen molar-refractivity contribution < 1.29 is 13.2 Å². The first kappa shape index (κ1) is 19.5. The first-order valence-corrected chi connectivity index (χ1v) is 11.1. The molecule has 29 heavy (non-hydrogen) atoms. The van der Waals surface area contributed by atoms with Crippen LogP contribution < -0.4 is 4.74 Å². The number of benzene rings is 1. The number of piperidine rings is 1. The van der Waals surface area contributed by atoms with Crippen LogP contribution in [0, 0.1) is 0 Å². The molecule has 9 heteroatoms. The van der Waals surface area contributed by atoms with Gasteiger partial charge in [0.15, 0.2) is 0 Å². The van der Waals surface area contributed by atoms with Gasteiger partial charge in [-0.05, 0) is 55.2 Å². The number of hydrogen-bond acceptors (Lipinski definition) is 6. The van der Waals surface area contributed by atoms with Gasteiger partial charge in [0, 0.05) is 31.3 Å². The van der Waals surface area contributed by atoms with Crippen molar-refractivity contribution in [2.45, 2.75) is 37.2 Å². The van der Waals surface area contributed by atoms with Gasteiger partial charge in [-0.2, -0.15) is 9.40 Å². The van der Waals surface area contributed by atoms with Crippen molar-refractivity contribution in [1.82, 2.24) is 24.1 Å². The highest BCUT2D eigenvalue weighted by Crippen LogP contribution is 2.23. The van der Waals surface area contributed by atoms with Crippen molar-refractivity contribution in [2.75, 3.05) is 13.1 Å². The third kappa shape index (κ3) is 4.30. The maximum atomic E-state index is 13.1. The van der Waals surface area contributed by atoms with E-state index in [0.29, 0.717) is 6.54 Å². The topological polar surface area (TPSA) is 90.2 Å². The van der Waals surface area contributed by atoms with E-state index in [4.69, 9.17) is 4.74 Å². The molecule has 1 unspecified atom stereocenters. The molecular formula is C20H23N5O3S. The lowest BCUT2D eigenvalue weighted by Gasteiger charge is -2.31. The van der Waals surface area contributed by atoms with Crippen molar-refractivity contribution >= 4 is 10.0 Å². The van der Waals surface area contributed by atoms with Crippen LogP contribution in [0.1, 0.15) is 25.3 Å². The van der Waals surface area contributed by atoms with Gasteiger partial charge in [0.25, 0.3) is 0 Å². The Bertz CT molecular complexity index is 1030. The molecule has 2 aromatic heterocycles. The fourth-order valence-corrected chi connectivity index (χ4v) is 4.81. The molecule has 1 fully saturated rings. The van der Waals surface area contributed by atoms with Gasteiger partial charge < -0.3 is 4.74 Å². The van der Waals surface area contributed by atoms with Crippen LogP contribution in [0.25, 0.3) is 5.69 Å². The summed E-state index contributed by atoms with van der Waals surface area (Å²) in [6.07, 6.45) is 9.04. The minimum Gasteiger partial charge on any atom is -0.459 e. The van der Waals surface area contributed by atoms with Gasteiger partial charge in [-0.25, -0.2) is 23.1 Å². The second kappa shape index (κ2) is 8.30. The van der Waals surface area contributed by atoms with Crippen LogP contribution in [0.15, 0.2) is 60.0 Å². The standard InChI is InChI=1S/C20H23N5O3S/c1-2-16-13-21-20(22-14-16)28-18-5-3-11-24(15-18)29(26,27)19-8-6-17(7-9-19)25-12-4-10-23-25/h4,6-10,12-14,18H,2-3,5,11,15H2,1H3. The molecule has 0 radical (unpaired) electrons. The highest BCUT2D eigenvalue weighted by atomic mass is 32.2. The lowest BCUT2D eigenvalue weighted by atomic mass is 10.1. The number of nitrogens with zero attached hydrogens (tertiary/aromatic N) is 5. The Labute approximate surface area is 170 Å². The van der Waals surface area contributed by atoms with Crippen LogP contribution in [-0.2, 0) is 16.4 Å². The van der Waals surface area contributed by atoms with Gasteiger partial charge in [-0.1, -0.05) is 6.92 Å². The molecule has 1 atom stereocenters. The summed E-state index contributed by atoms with van der Waals surface area (Å²) in [4.78, 5) is 8.69. The summed E-state index contributed by atoms with van der Waals surface area (Å²) in [5.41, 5.74) is 1.84. The van der Waals surface area contributed by atoms with Crippen molar-refractivity contribution in [1.29, 1.82) is 0 Å². The molecule has 0 spiro atoms. The Hall–Kier alpha value is -2.78. The molecule has 0 aliphatic carbocycles. The molecule has 0 amide bonds. The van der Waals surface area contributed by atoms with Gasteiger partial charge in [0.05, 0.1) is 17.1 Å². The van der Waals surface area contributed by atoms with Crippen molar-refractivity contribution in [3.8, 4) is 11.7 Å². The molecule has 152 valence electrons. The Kier molecular flexibility index (Phi) is 5.59. The van der Waals surface area contributed by atoms with Gasteiger partial charge >= 0.3 is 6.01 Å². The average Bonchev–Trinajstić information content (AvgIpc) is 3.30. The maximum Gasteiger partial charge on any atom is 0.316 e. The lowest BCUT2D eigenvalue weighted by molar-refractivity contribution is 0.119. The van der Waals surface area contributed by atoms with Gasteiger partial charge in [0.1, 0.15) is 6.10 Å². The summed E-state index contributed by atoms with van der Waals surface area (Å²) in [6.45, 7) is 2.78. The summed E-state index contributed by atoms with van der Waals surface area (Å²) in [5.74, 6) is 0. The highest BCUT2D eigenvalue weighted by molar-refractivity contribution is 7.89. The fraction of sp³-hybridized carbons (Fsp3) is 0.350. The van der Waals surface area contributed by atoms with E-state index in [1.54, 1.807) is 47.5 Å². The van der Waals surface area contributed by atoms with E-state index in [9.17, 15) is 8.42 Å². The normalized spacial score (nSPS) is 17.9. The van der Waals surface area contributed by atoms with Crippen LogP contribution in [0.3, 0.4) is 0 Å². The zero-order valence-electron chi connectivity index (χ0n) is 16.2. The average molecular weight is 414 g/mol. The Morgan fingerprint density at radius 2 is 1.93 bits per heavy atom. The van der Waals surface area contributed by atoms with Crippen molar-refractivity contribution in [2.24, 2.45) is 0 Å². The largest absolute Gasteiger partial charge is 0.459 e. The predicted molar refractivity (Wildman–Crippen MR) is 107 cm³/mol. The van der Waals surface area contributed by atoms with Crippen LogP contribution in [0.4, 0.5) is 0 Å². The van der Waals surface area contributed by atoms with E-state index >= 15 is 0 Å². The van der Waals surface area contributed by atoms with Crippen LogP contribution in [-0.4, -0.2) is 51.7 Å². The number of aryl methyl sites for hydroxylation is 1. The molecule has 1 aliphatic heterocycles. The number of ether oxygens (including phenoxy) is 1. The Morgan fingerprint density at radius 1 is 1.17 bits per heavy atom. The molecule has 0 N–H and O–H groups in total. The van der Waals surface area contributed by atoms with Gasteiger partial charge in [0.2, 0.25) is 10.0 Å². The number of hydrogen-bond donors (Lipinski definition) is 0. The first-order chi connectivity index (χ1) is 14.1. The van der Waals surface area contributed by atoms with E-state index in [0.717, 1.165) is 30.5 Å². The number of sulfonamides is 1. The van der Waals surface area contributed by atoms with Crippen molar-refractivity contribution in [3.63, 3.8) is 0 Å². The highest BCUT2D eigenvalue weighted by Gasteiger charge is 2.31. The SMILES string of the molecule is CCc1cnc(OC2CCCN(S(=O)(=O)c3ccc(-n4cccn4)cc3)C2)nc1. The Morgan fingerprint density at radius 3 is 2.59 bits per heavy atom. The van der Waals surface area contributed by atoms with Gasteiger partial charge in [-0.3, -0.25) is 0 Å². The third-order valence-electron chi connectivity index (χ3n) is 4.95. The molecule has 4 rings (SSSR count). The number of rotatable bonds is 6. The lowest BCUT2D eigenvalue weighted by Crippen LogP contribution is -2.44.